The van der Waals surface area contributed by atoms with Crippen LogP contribution in [0.4, 0.5) is 0 Å². The van der Waals surface area contributed by atoms with Gasteiger partial charge in [-0.05, 0) is 24.4 Å². The van der Waals surface area contributed by atoms with Gasteiger partial charge in [0.25, 0.3) is 5.91 Å². The van der Waals surface area contributed by atoms with Gasteiger partial charge in [0.05, 0.1) is 0 Å². The zero-order valence-electron chi connectivity index (χ0n) is 11.2. The van der Waals surface area contributed by atoms with E-state index in [9.17, 15) is 4.79 Å². The Hall–Kier alpha value is -1.75. The van der Waals surface area contributed by atoms with Crippen LogP contribution in [0, 0.1) is 0 Å². The zero-order chi connectivity index (χ0) is 13.8. The average molecular weight is 287 g/mol. The molecule has 0 unspecified atom stereocenters. The van der Waals surface area contributed by atoms with Crippen LogP contribution in [0.2, 0.25) is 0 Å². The summed E-state index contributed by atoms with van der Waals surface area (Å²) in [4.78, 5) is 13.0. The number of carbonyl (C=O) groups is 1. The van der Waals surface area contributed by atoms with E-state index in [-0.39, 0.29) is 5.91 Å². The molecule has 5 heteroatoms. The van der Waals surface area contributed by atoms with Crippen LogP contribution in [0.15, 0.2) is 30.3 Å². The van der Waals surface area contributed by atoms with Crippen molar-refractivity contribution in [1.29, 1.82) is 0 Å². The highest BCUT2D eigenvalue weighted by molar-refractivity contribution is 7.08. The molecule has 1 amide bonds. The van der Waals surface area contributed by atoms with Gasteiger partial charge in [-0.15, -0.1) is 5.10 Å². The van der Waals surface area contributed by atoms with Crippen LogP contribution in [0.3, 0.4) is 0 Å². The first-order valence-electron chi connectivity index (χ1n) is 7.03. The van der Waals surface area contributed by atoms with Gasteiger partial charge in [-0.25, -0.2) is 0 Å². The van der Waals surface area contributed by atoms with Crippen molar-refractivity contribution in [2.75, 3.05) is 0 Å². The fourth-order valence-electron chi connectivity index (χ4n) is 2.62. The Morgan fingerprint density at radius 2 is 1.90 bits per heavy atom. The van der Waals surface area contributed by atoms with E-state index in [2.05, 4.69) is 14.9 Å². The number of carbonyl (C=O) groups excluding carboxylic acids is 1. The second kappa shape index (κ2) is 6.13. The van der Waals surface area contributed by atoms with E-state index in [4.69, 9.17) is 0 Å². The van der Waals surface area contributed by atoms with Gasteiger partial charge in [0.2, 0.25) is 0 Å². The van der Waals surface area contributed by atoms with E-state index in [1.54, 1.807) is 0 Å². The number of nitrogens with zero attached hydrogens (tertiary/aromatic N) is 2. The topological polar surface area (TPSA) is 54.9 Å². The number of benzene rings is 1. The van der Waals surface area contributed by atoms with Crippen molar-refractivity contribution in [3.63, 3.8) is 0 Å². The Morgan fingerprint density at radius 1 is 1.15 bits per heavy atom. The molecule has 0 spiro atoms. The number of nitrogens with one attached hydrogen (secondary N) is 1. The quantitative estimate of drug-likeness (QED) is 0.942. The first-order valence-corrected chi connectivity index (χ1v) is 7.80. The standard InChI is InChI=1S/C15H17N3OS/c19-15(16-12-9-5-2-6-10-12)14-13(17-18-20-14)11-7-3-1-4-8-11/h1,3-4,7-8,12H,2,5-6,9-10H2,(H,16,19). The van der Waals surface area contributed by atoms with Crippen LogP contribution in [-0.4, -0.2) is 21.5 Å². The Bertz CT molecular complexity index is 576. The molecule has 4 nitrogen and oxygen atoms in total. The second-order valence-corrected chi connectivity index (χ2v) is 5.88. The summed E-state index contributed by atoms with van der Waals surface area (Å²) in [7, 11) is 0. The highest BCUT2D eigenvalue weighted by atomic mass is 32.1. The molecule has 1 aliphatic carbocycles. The number of hydrogen-bond acceptors (Lipinski definition) is 4. The molecule has 1 fully saturated rings. The third kappa shape index (κ3) is 2.88. The van der Waals surface area contributed by atoms with Gasteiger partial charge >= 0.3 is 0 Å². The third-order valence-electron chi connectivity index (χ3n) is 3.68. The van der Waals surface area contributed by atoms with Crippen LogP contribution < -0.4 is 5.32 Å². The molecule has 1 aliphatic rings. The average Bonchev–Trinajstić information content (AvgIpc) is 2.99. The van der Waals surface area contributed by atoms with Gasteiger partial charge in [0, 0.05) is 11.6 Å². The minimum atomic E-state index is -0.0363. The lowest BCUT2D eigenvalue weighted by atomic mass is 9.95. The highest BCUT2D eigenvalue weighted by Gasteiger charge is 2.21. The maximum Gasteiger partial charge on any atom is 0.265 e. The lowest BCUT2D eigenvalue weighted by Gasteiger charge is -2.22. The lowest BCUT2D eigenvalue weighted by molar-refractivity contribution is 0.0932. The first kappa shape index (κ1) is 13.2. The van der Waals surface area contributed by atoms with Gasteiger partial charge in [-0.2, -0.15) is 0 Å². The number of aromatic nitrogens is 2. The Morgan fingerprint density at radius 3 is 2.65 bits per heavy atom. The predicted molar refractivity (Wildman–Crippen MR) is 79.7 cm³/mol. The Labute approximate surface area is 122 Å². The van der Waals surface area contributed by atoms with Crippen LogP contribution >= 0.6 is 11.5 Å². The third-order valence-corrected chi connectivity index (χ3v) is 4.41. The fourth-order valence-corrected chi connectivity index (χ4v) is 3.21. The second-order valence-electron chi connectivity index (χ2n) is 5.13. The minimum absolute atomic E-state index is 0.0363. The van der Waals surface area contributed by atoms with Gasteiger partial charge in [0.15, 0.2) is 0 Å². The summed E-state index contributed by atoms with van der Waals surface area (Å²) in [5, 5.41) is 7.23. The van der Waals surface area contributed by atoms with Gasteiger partial charge < -0.3 is 5.32 Å². The fraction of sp³-hybridized carbons (Fsp3) is 0.400. The minimum Gasteiger partial charge on any atom is -0.348 e. The summed E-state index contributed by atoms with van der Waals surface area (Å²) in [5.41, 5.74) is 1.62. The summed E-state index contributed by atoms with van der Waals surface area (Å²) in [6.07, 6.45) is 5.86. The molecule has 0 atom stereocenters. The van der Waals surface area contributed by atoms with Crippen molar-refractivity contribution in [2.24, 2.45) is 0 Å². The largest absolute Gasteiger partial charge is 0.348 e. The highest BCUT2D eigenvalue weighted by Crippen LogP contribution is 2.24. The van der Waals surface area contributed by atoms with Crippen molar-refractivity contribution >= 4 is 17.4 Å². The van der Waals surface area contributed by atoms with Crippen LogP contribution in [0.5, 0.6) is 0 Å². The first-order chi connectivity index (χ1) is 9.84. The molecular formula is C15H17N3OS. The molecule has 0 saturated heterocycles. The van der Waals surface area contributed by atoms with Crippen molar-refractivity contribution in [3.8, 4) is 11.3 Å². The van der Waals surface area contributed by atoms with Crippen LogP contribution in [-0.2, 0) is 0 Å². The van der Waals surface area contributed by atoms with E-state index in [0.29, 0.717) is 16.6 Å². The number of rotatable bonds is 3. The molecule has 0 aliphatic heterocycles. The number of hydrogen-bond donors (Lipinski definition) is 1. The van der Waals surface area contributed by atoms with Gasteiger partial charge in [-0.1, -0.05) is 54.1 Å². The molecular weight excluding hydrogens is 270 g/mol. The Kier molecular flexibility index (Phi) is 4.06. The van der Waals surface area contributed by atoms with Gasteiger partial charge in [-0.3, -0.25) is 4.79 Å². The molecule has 1 heterocycles. The van der Waals surface area contributed by atoms with E-state index in [1.807, 2.05) is 30.3 Å². The Balaban J connectivity index is 1.77. The predicted octanol–water partition coefficient (Wildman–Crippen LogP) is 3.27. The molecule has 20 heavy (non-hydrogen) atoms. The lowest BCUT2D eigenvalue weighted by Crippen LogP contribution is -2.36. The smallest absolute Gasteiger partial charge is 0.265 e. The van der Waals surface area contributed by atoms with Crippen molar-refractivity contribution in [2.45, 2.75) is 38.1 Å². The molecule has 1 N–H and O–H groups in total. The maximum absolute atomic E-state index is 12.4. The SMILES string of the molecule is O=C(NC1CCCCC1)c1snnc1-c1ccccc1. The monoisotopic (exact) mass is 287 g/mol. The number of amides is 1. The molecule has 1 aromatic carbocycles. The zero-order valence-corrected chi connectivity index (χ0v) is 12.0. The van der Waals surface area contributed by atoms with Gasteiger partial charge in [0.1, 0.15) is 10.6 Å². The van der Waals surface area contributed by atoms with E-state index in [0.717, 1.165) is 18.4 Å². The molecule has 1 aromatic heterocycles. The summed E-state index contributed by atoms with van der Waals surface area (Å²) >= 11 is 1.17. The molecule has 0 bridgehead atoms. The van der Waals surface area contributed by atoms with E-state index < -0.39 is 0 Å². The summed E-state index contributed by atoms with van der Waals surface area (Å²) in [6, 6.07) is 10.0. The van der Waals surface area contributed by atoms with Crippen LogP contribution in [0.25, 0.3) is 11.3 Å². The maximum atomic E-state index is 12.4. The molecule has 1 saturated carbocycles. The van der Waals surface area contributed by atoms with Crippen molar-refractivity contribution < 1.29 is 4.79 Å². The summed E-state index contributed by atoms with van der Waals surface area (Å²) < 4.78 is 3.94. The summed E-state index contributed by atoms with van der Waals surface area (Å²) in [6.45, 7) is 0. The van der Waals surface area contributed by atoms with E-state index >= 15 is 0 Å². The van der Waals surface area contributed by atoms with Crippen LogP contribution in [0.1, 0.15) is 41.8 Å². The summed E-state index contributed by atoms with van der Waals surface area (Å²) in [5.74, 6) is -0.0363. The molecule has 3 rings (SSSR count). The normalized spacial score (nSPS) is 16.0. The van der Waals surface area contributed by atoms with Crippen molar-refractivity contribution in [3.05, 3.63) is 35.2 Å². The molecule has 2 aromatic rings. The molecule has 104 valence electrons. The van der Waals surface area contributed by atoms with E-state index in [1.165, 1.54) is 30.8 Å². The molecule has 0 radical (unpaired) electrons. The van der Waals surface area contributed by atoms with Crippen molar-refractivity contribution in [1.82, 2.24) is 14.9 Å².